The number of carbonyl (C=O) groups is 1. The lowest BCUT2D eigenvalue weighted by Gasteiger charge is -2.31. The van der Waals surface area contributed by atoms with E-state index in [0.717, 1.165) is 6.07 Å². The summed E-state index contributed by atoms with van der Waals surface area (Å²) in [4.78, 5) is 14.1. The number of halogens is 4. The minimum atomic E-state index is -2.79. The molecule has 0 saturated carbocycles. The summed E-state index contributed by atoms with van der Waals surface area (Å²) < 4.78 is 67.4. The van der Waals surface area contributed by atoms with Gasteiger partial charge in [-0.1, -0.05) is 12.1 Å². The number of carbonyl (C=O) groups excluding carboxylic acids is 1. The van der Waals surface area contributed by atoms with Crippen LogP contribution in [-0.2, 0) is 6.54 Å². The monoisotopic (exact) mass is 498 g/mol. The predicted octanol–water partition coefficient (Wildman–Crippen LogP) is 6.50. The Morgan fingerprint density at radius 2 is 1.81 bits per heavy atom. The van der Waals surface area contributed by atoms with Crippen LogP contribution in [0.2, 0.25) is 0 Å². The van der Waals surface area contributed by atoms with E-state index in [9.17, 15) is 18.0 Å². The van der Waals surface area contributed by atoms with Gasteiger partial charge in [-0.3, -0.25) is 4.79 Å². The maximum atomic E-state index is 15.2. The Morgan fingerprint density at radius 3 is 2.50 bits per heavy atom. The van der Waals surface area contributed by atoms with E-state index >= 15 is 4.39 Å². The molecule has 0 atom stereocenters. The number of nitrogens with two attached hydrogens (primary N) is 1. The number of hydrogen-bond donors (Lipinski definition) is 1. The zero-order valence-corrected chi connectivity index (χ0v) is 19.1. The predicted molar refractivity (Wildman–Crippen MR) is 126 cm³/mol. The Labute approximate surface area is 204 Å². The number of hydrogen-bond acceptors (Lipinski definition) is 4. The van der Waals surface area contributed by atoms with Gasteiger partial charge >= 0.3 is 0 Å². The van der Waals surface area contributed by atoms with E-state index in [1.807, 2.05) is 0 Å². The highest BCUT2D eigenvalue weighted by Gasteiger charge is 2.35. The first-order valence-corrected chi connectivity index (χ1v) is 11.4. The second kappa shape index (κ2) is 9.31. The van der Waals surface area contributed by atoms with Crippen molar-refractivity contribution in [2.45, 2.75) is 25.3 Å². The van der Waals surface area contributed by atoms with Crippen LogP contribution < -0.4 is 10.5 Å². The van der Waals surface area contributed by atoms with E-state index in [1.165, 1.54) is 35.2 Å². The van der Waals surface area contributed by atoms with Gasteiger partial charge in [0, 0.05) is 48.5 Å². The summed E-state index contributed by atoms with van der Waals surface area (Å²) in [5.74, 6) is -3.47. The quantitative estimate of drug-likeness (QED) is 0.319. The van der Waals surface area contributed by atoms with Crippen molar-refractivity contribution in [3.05, 3.63) is 83.6 Å². The van der Waals surface area contributed by atoms with E-state index in [0.29, 0.717) is 22.3 Å². The Balaban J connectivity index is 1.49. The van der Waals surface area contributed by atoms with Crippen molar-refractivity contribution in [3.63, 3.8) is 0 Å². The highest BCUT2D eigenvalue weighted by atomic mass is 19.3. The Hall–Kier alpha value is -3.85. The second-order valence-corrected chi connectivity index (χ2v) is 8.71. The van der Waals surface area contributed by atoms with Gasteiger partial charge in [-0.25, -0.2) is 17.6 Å². The molecule has 2 heterocycles. The number of furan rings is 1. The number of amides is 1. The van der Waals surface area contributed by atoms with Crippen LogP contribution >= 0.6 is 0 Å². The Bertz CT molecular complexity index is 1440. The normalized spacial score (nSPS) is 15.3. The van der Waals surface area contributed by atoms with Gasteiger partial charge in [-0.15, -0.1) is 0 Å². The molecule has 36 heavy (non-hydrogen) atoms. The average Bonchev–Trinajstić information content (AvgIpc) is 3.27. The third kappa shape index (κ3) is 4.79. The van der Waals surface area contributed by atoms with E-state index in [2.05, 4.69) is 0 Å². The maximum Gasteiger partial charge on any atom is 0.253 e. The van der Waals surface area contributed by atoms with Crippen molar-refractivity contribution in [3.8, 4) is 22.6 Å². The molecular formula is C27H22F4N2O3. The summed E-state index contributed by atoms with van der Waals surface area (Å²) in [6.07, 6.45) is -0.828. The van der Waals surface area contributed by atoms with Crippen LogP contribution in [0.15, 0.2) is 65.1 Å². The lowest BCUT2D eigenvalue weighted by molar-refractivity contribution is -0.0494. The fourth-order valence-electron chi connectivity index (χ4n) is 4.27. The van der Waals surface area contributed by atoms with Crippen molar-refractivity contribution < 1.29 is 31.5 Å². The van der Waals surface area contributed by atoms with E-state index < -0.39 is 36.3 Å². The van der Waals surface area contributed by atoms with Gasteiger partial charge in [-0.05, 0) is 48.0 Å². The third-order valence-corrected chi connectivity index (χ3v) is 6.17. The lowest BCUT2D eigenvalue weighted by Crippen LogP contribution is -2.42. The summed E-state index contributed by atoms with van der Waals surface area (Å²) >= 11 is 0. The zero-order chi connectivity index (χ0) is 25.4. The van der Waals surface area contributed by atoms with Gasteiger partial charge < -0.3 is 19.8 Å². The standard InChI is InChI=1S/C27H22F4N2O3/c28-19-2-1-3-20(14-19)35-24-13-17(10-18-11-21(15-32)36-25(18)24)22-5-4-16(12-23(22)29)26(34)33-8-6-27(30,31)7-9-33/h1-5,10-14H,6-9,15,32H2. The van der Waals surface area contributed by atoms with Crippen molar-refractivity contribution in [2.75, 3.05) is 13.1 Å². The molecule has 1 saturated heterocycles. The first-order valence-electron chi connectivity index (χ1n) is 11.4. The first kappa shape index (κ1) is 23.9. The van der Waals surface area contributed by atoms with Crippen molar-refractivity contribution in [2.24, 2.45) is 5.73 Å². The summed E-state index contributed by atoms with van der Waals surface area (Å²) in [5, 5.41) is 0.605. The molecule has 1 fully saturated rings. The van der Waals surface area contributed by atoms with E-state index in [1.54, 1.807) is 24.3 Å². The molecule has 0 bridgehead atoms. The molecule has 9 heteroatoms. The van der Waals surface area contributed by atoms with Crippen LogP contribution in [-0.4, -0.2) is 29.8 Å². The molecule has 0 aliphatic carbocycles. The first-order chi connectivity index (χ1) is 17.2. The highest BCUT2D eigenvalue weighted by molar-refractivity contribution is 5.95. The number of piperidine rings is 1. The van der Waals surface area contributed by atoms with Crippen LogP contribution in [0.5, 0.6) is 11.5 Å². The largest absolute Gasteiger partial charge is 0.456 e. The van der Waals surface area contributed by atoms with Gasteiger partial charge in [-0.2, -0.15) is 0 Å². The molecule has 5 nitrogen and oxygen atoms in total. The van der Waals surface area contributed by atoms with Crippen LogP contribution in [0.4, 0.5) is 17.6 Å². The smallest absolute Gasteiger partial charge is 0.253 e. The fourth-order valence-corrected chi connectivity index (χ4v) is 4.27. The molecule has 1 aliphatic heterocycles. The van der Waals surface area contributed by atoms with Gasteiger partial charge in [0.05, 0.1) is 6.54 Å². The zero-order valence-electron chi connectivity index (χ0n) is 19.1. The van der Waals surface area contributed by atoms with Crippen LogP contribution in [0.25, 0.3) is 22.1 Å². The SMILES string of the molecule is NCc1cc2cc(-c3ccc(C(=O)N4CCC(F)(F)CC4)cc3F)cc(Oc3cccc(F)c3)c2o1. The van der Waals surface area contributed by atoms with Gasteiger partial charge in [0.2, 0.25) is 0 Å². The Kier molecular flexibility index (Phi) is 6.17. The fraction of sp³-hybridized carbons (Fsp3) is 0.222. The van der Waals surface area contributed by atoms with Crippen molar-refractivity contribution in [1.82, 2.24) is 4.90 Å². The van der Waals surface area contributed by atoms with Gasteiger partial charge in [0.1, 0.15) is 23.1 Å². The minimum absolute atomic E-state index is 0.0764. The molecule has 0 spiro atoms. The number of rotatable bonds is 5. The molecular weight excluding hydrogens is 476 g/mol. The van der Waals surface area contributed by atoms with Gasteiger partial charge in [0.25, 0.3) is 11.8 Å². The van der Waals surface area contributed by atoms with Crippen LogP contribution in [0.3, 0.4) is 0 Å². The number of likely N-dealkylation sites (tertiary alicyclic amines) is 1. The number of nitrogens with zero attached hydrogens (tertiary/aromatic N) is 1. The topological polar surface area (TPSA) is 68.7 Å². The summed E-state index contributed by atoms with van der Waals surface area (Å²) in [5.41, 5.74) is 6.79. The molecule has 186 valence electrons. The lowest BCUT2D eigenvalue weighted by atomic mass is 10.00. The summed E-state index contributed by atoms with van der Waals surface area (Å²) in [7, 11) is 0. The molecule has 3 aromatic carbocycles. The molecule has 5 rings (SSSR count). The summed E-state index contributed by atoms with van der Waals surface area (Å²) in [6.45, 7) is -0.0374. The third-order valence-electron chi connectivity index (χ3n) is 6.17. The molecule has 1 aromatic heterocycles. The number of alkyl halides is 2. The van der Waals surface area contributed by atoms with Crippen LogP contribution in [0.1, 0.15) is 29.0 Å². The second-order valence-electron chi connectivity index (χ2n) is 8.71. The molecule has 1 amide bonds. The molecule has 1 aliphatic rings. The van der Waals surface area contributed by atoms with Crippen LogP contribution in [0, 0.1) is 11.6 Å². The minimum Gasteiger partial charge on any atom is -0.456 e. The maximum absolute atomic E-state index is 15.2. The van der Waals surface area contributed by atoms with E-state index in [4.69, 9.17) is 14.9 Å². The van der Waals surface area contributed by atoms with Crippen molar-refractivity contribution >= 4 is 16.9 Å². The summed E-state index contributed by atoms with van der Waals surface area (Å²) in [6, 6.07) is 14.6. The average molecular weight is 498 g/mol. The number of benzene rings is 3. The number of fused-ring (bicyclic) bond motifs is 1. The molecule has 0 unspecified atom stereocenters. The molecule has 4 aromatic rings. The van der Waals surface area contributed by atoms with E-state index in [-0.39, 0.29) is 42.3 Å². The molecule has 0 radical (unpaired) electrons. The highest BCUT2D eigenvalue weighted by Crippen LogP contribution is 2.38. The van der Waals surface area contributed by atoms with Gasteiger partial charge in [0.15, 0.2) is 11.3 Å². The van der Waals surface area contributed by atoms with Crippen molar-refractivity contribution in [1.29, 1.82) is 0 Å². The Morgan fingerprint density at radius 1 is 1.03 bits per heavy atom. The molecule has 2 N–H and O–H groups in total. The number of ether oxygens (including phenoxy) is 1.